The van der Waals surface area contributed by atoms with Crippen molar-refractivity contribution in [3.8, 4) is 0 Å². The van der Waals surface area contributed by atoms with Crippen molar-refractivity contribution in [2.45, 2.75) is 13.5 Å². The molecule has 0 atom stereocenters. The Labute approximate surface area is 164 Å². The number of benzene rings is 2. The van der Waals surface area contributed by atoms with Crippen LogP contribution < -0.4 is 4.80 Å². The predicted octanol–water partition coefficient (Wildman–Crippen LogP) is 5.42. The van der Waals surface area contributed by atoms with Crippen LogP contribution in [0.4, 0.5) is 0 Å². The lowest BCUT2D eigenvalue weighted by atomic mass is 10.2. The van der Waals surface area contributed by atoms with Crippen molar-refractivity contribution < 1.29 is 4.79 Å². The van der Waals surface area contributed by atoms with Gasteiger partial charge < -0.3 is 4.57 Å². The van der Waals surface area contributed by atoms with Crippen LogP contribution in [-0.2, 0) is 6.54 Å². The maximum absolute atomic E-state index is 12.6. The van der Waals surface area contributed by atoms with E-state index in [0.29, 0.717) is 20.4 Å². The molecule has 2 aromatic carbocycles. The van der Waals surface area contributed by atoms with Gasteiger partial charge in [-0.1, -0.05) is 40.6 Å². The Morgan fingerprint density at radius 2 is 2.04 bits per heavy atom. The zero-order valence-electron chi connectivity index (χ0n) is 13.8. The smallest absolute Gasteiger partial charge is 0.281 e. The zero-order chi connectivity index (χ0) is 18.0. The number of rotatable bonds is 4. The second-order valence-electron chi connectivity index (χ2n) is 5.54. The van der Waals surface area contributed by atoms with E-state index in [9.17, 15) is 4.79 Å². The summed E-state index contributed by atoms with van der Waals surface area (Å²) in [6, 6.07) is 11.1. The quantitative estimate of drug-likeness (QED) is 0.574. The van der Waals surface area contributed by atoms with Crippen molar-refractivity contribution in [2.24, 2.45) is 4.99 Å². The third-order valence-corrected chi connectivity index (χ3v) is 5.91. The molecule has 1 aromatic heterocycles. The third kappa shape index (κ3) is 4.11. The summed E-state index contributed by atoms with van der Waals surface area (Å²) in [4.78, 5) is 17.7. The van der Waals surface area contributed by atoms with Gasteiger partial charge in [0.05, 0.1) is 20.8 Å². The van der Waals surface area contributed by atoms with Crippen LogP contribution in [0.2, 0.25) is 10.0 Å². The Kier molecular flexibility index (Phi) is 5.89. The van der Waals surface area contributed by atoms with Crippen LogP contribution in [0.5, 0.6) is 0 Å². The van der Waals surface area contributed by atoms with Crippen molar-refractivity contribution in [3.63, 3.8) is 0 Å². The fraction of sp³-hybridized carbons (Fsp3) is 0.222. The second-order valence-corrected chi connectivity index (χ2v) is 8.38. The summed E-state index contributed by atoms with van der Waals surface area (Å²) in [7, 11) is 0. The molecule has 0 saturated heterocycles. The standard InChI is InChI=1S/C18H16Cl2N2OS2/c1-11-3-6-15-16(9-11)25-18(22(15)7-8-24-2)21-17(23)13-10-12(19)4-5-14(13)20/h3-6,9-10H,7-8H2,1-2H3. The van der Waals surface area contributed by atoms with E-state index in [4.69, 9.17) is 23.2 Å². The lowest BCUT2D eigenvalue weighted by Gasteiger charge is -2.04. The van der Waals surface area contributed by atoms with Gasteiger partial charge in [-0.25, -0.2) is 0 Å². The number of hydrogen-bond acceptors (Lipinski definition) is 3. The number of thioether (sulfide) groups is 1. The van der Waals surface area contributed by atoms with Gasteiger partial charge in [-0.15, -0.1) is 0 Å². The Morgan fingerprint density at radius 1 is 1.24 bits per heavy atom. The lowest BCUT2D eigenvalue weighted by molar-refractivity contribution is 0.0998. The molecule has 0 saturated carbocycles. The first kappa shape index (κ1) is 18.5. The molecule has 3 aromatic rings. The van der Waals surface area contributed by atoms with E-state index in [1.165, 1.54) is 16.9 Å². The maximum atomic E-state index is 12.6. The van der Waals surface area contributed by atoms with Crippen molar-refractivity contribution in [3.05, 3.63) is 62.4 Å². The van der Waals surface area contributed by atoms with E-state index in [1.807, 2.05) is 0 Å². The highest BCUT2D eigenvalue weighted by atomic mass is 35.5. The van der Waals surface area contributed by atoms with Gasteiger partial charge in [-0.3, -0.25) is 4.79 Å². The van der Waals surface area contributed by atoms with E-state index >= 15 is 0 Å². The molecular weight excluding hydrogens is 395 g/mol. The van der Waals surface area contributed by atoms with Gasteiger partial charge in [-0.2, -0.15) is 16.8 Å². The number of thiazole rings is 1. The summed E-state index contributed by atoms with van der Waals surface area (Å²) in [5.41, 5.74) is 2.59. The minimum Gasteiger partial charge on any atom is -0.316 e. The van der Waals surface area contributed by atoms with Gasteiger partial charge in [0.15, 0.2) is 4.80 Å². The molecule has 3 rings (SSSR count). The molecule has 0 N–H and O–H groups in total. The minimum absolute atomic E-state index is 0.319. The summed E-state index contributed by atoms with van der Waals surface area (Å²) in [5.74, 6) is 0.563. The van der Waals surface area contributed by atoms with Crippen LogP contribution in [0.3, 0.4) is 0 Å². The lowest BCUT2D eigenvalue weighted by Crippen LogP contribution is -2.18. The Balaban J connectivity index is 2.14. The summed E-state index contributed by atoms with van der Waals surface area (Å²) in [5, 5.41) is 0.816. The average molecular weight is 411 g/mol. The van der Waals surface area contributed by atoms with Gasteiger partial charge in [-0.05, 0) is 49.1 Å². The normalized spacial score (nSPS) is 12.1. The van der Waals surface area contributed by atoms with Crippen molar-refractivity contribution >= 4 is 62.4 Å². The molecule has 3 nitrogen and oxygen atoms in total. The average Bonchev–Trinajstić information content (AvgIpc) is 2.91. The van der Waals surface area contributed by atoms with E-state index in [1.54, 1.807) is 30.0 Å². The Morgan fingerprint density at radius 3 is 2.80 bits per heavy atom. The molecule has 0 radical (unpaired) electrons. The molecule has 0 unspecified atom stereocenters. The topological polar surface area (TPSA) is 34.4 Å². The molecule has 1 amide bonds. The van der Waals surface area contributed by atoms with Crippen LogP contribution in [0, 0.1) is 6.92 Å². The summed E-state index contributed by atoms with van der Waals surface area (Å²) in [6.45, 7) is 2.85. The molecule has 130 valence electrons. The molecule has 0 aliphatic rings. The number of aromatic nitrogens is 1. The molecule has 1 heterocycles. The van der Waals surface area contributed by atoms with Crippen molar-refractivity contribution in [1.29, 1.82) is 0 Å². The molecular formula is C18H16Cl2N2OS2. The molecule has 7 heteroatoms. The monoisotopic (exact) mass is 410 g/mol. The van der Waals surface area contributed by atoms with Crippen LogP contribution in [0.15, 0.2) is 41.4 Å². The number of carbonyl (C=O) groups excluding carboxylic acids is 1. The largest absolute Gasteiger partial charge is 0.316 e. The summed E-state index contributed by atoms with van der Waals surface area (Å²) >= 11 is 15.4. The second kappa shape index (κ2) is 7.96. The van der Waals surface area contributed by atoms with E-state index in [2.05, 4.69) is 40.9 Å². The molecule has 0 bridgehead atoms. The summed E-state index contributed by atoms with van der Waals surface area (Å²) in [6.07, 6.45) is 2.06. The number of aryl methyl sites for hydroxylation is 2. The first-order valence-corrected chi connectivity index (χ1v) is 10.6. The fourth-order valence-corrected chi connectivity index (χ4v) is 4.36. The van der Waals surface area contributed by atoms with Crippen LogP contribution in [0.1, 0.15) is 15.9 Å². The van der Waals surface area contributed by atoms with Gasteiger partial charge in [0.1, 0.15) is 0 Å². The molecule has 0 spiro atoms. The van der Waals surface area contributed by atoms with E-state index in [0.717, 1.165) is 22.5 Å². The maximum Gasteiger partial charge on any atom is 0.281 e. The fourth-order valence-electron chi connectivity index (χ4n) is 2.47. The Hall–Kier alpha value is -1.27. The number of amides is 1. The number of fused-ring (bicyclic) bond motifs is 1. The SMILES string of the molecule is CSCCn1c(=NC(=O)c2cc(Cl)ccc2Cl)sc2cc(C)ccc21. The van der Waals surface area contributed by atoms with Crippen LogP contribution in [-0.4, -0.2) is 22.5 Å². The van der Waals surface area contributed by atoms with Crippen LogP contribution >= 0.6 is 46.3 Å². The Bertz CT molecular complexity index is 1010. The number of carbonyl (C=O) groups is 1. The van der Waals surface area contributed by atoms with Gasteiger partial charge in [0.2, 0.25) is 0 Å². The van der Waals surface area contributed by atoms with Gasteiger partial charge >= 0.3 is 0 Å². The van der Waals surface area contributed by atoms with Crippen LogP contribution in [0.25, 0.3) is 10.2 Å². The highest BCUT2D eigenvalue weighted by Gasteiger charge is 2.12. The van der Waals surface area contributed by atoms with Gasteiger partial charge in [0, 0.05) is 17.3 Å². The predicted molar refractivity (Wildman–Crippen MR) is 109 cm³/mol. The van der Waals surface area contributed by atoms with Crippen molar-refractivity contribution in [2.75, 3.05) is 12.0 Å². The highest BCUT2D eigenvalue weighted by Crippen LogP contribution is 2.22. The summed E-state index contributed by atoms with van der Waals surface area (Å²) < 4.78 is 3.21. The zero-order valence-corrected chi connectivity index (χ0v) is 16.9. The highest BCUT2D eigenvalue weighted by molar-refractivity contribution is 7.98. The van der Waals surface area contributed by atoms with E-state index in [-0.39, 0.29) is 5.91 Å². The molecule has 0 aliphatic heterocycles. The van der Waals surface area contributed by atoms with Crippen molar-refractivity contribution in [1.82, 2.24) is 4.57 Å². The number of hydrogen-bond donors (Lipinski definition) is 0. The molecule has 0 aliphatic carbocycles. The third-order valence-electron chi connectivity index (χ3n) is 3.71. The minimum atomic E-state index is -0.381. The first-order chi connectivity index (χ1) is 12.0. The number of nitrogens with zero attached hydrogens (tertiary/aromatic N) is 2. The number of halogens is 2. The first-order valence-electron chi connectivity index (χ1n) is 7.62. The molecule has 0 fully saturated rings. The molecule has 25 heavy (non-hydrogen) atoms. The van der Waals surface area contributed by atoms with Gasteiger partial charge in [0.25, 0.3) is 5.91 Å². The van der Waals surface area contributed by atoms with E-state index < -0.39 is 0 Å².